The highest BCUT2D eigenvalue weighted by Gasteiger charge is 2.12. The lowest BCUT2D eigenvalue weighted by molar-refractivity contribution is -0.115. The van der Waals surface area contributed by atoms with Crippen LogP contribution in [0.25, 0.3) is 0 Å². The van der Waals surface area contributed by atoms with E-state index >= 15 is 0 Å². The van der Waals surface area contributed by atoms with Gasteiger partial charge in [-0.15, -0.1) is 0 Å². The quantitative estimate of drug-likeness (QED) is 0.910. The number of amides is 1. The Hall–Kier alpha value is -2.49. The fraction of sp³-hybridized carbons (Fsp3) is 0.350. The van der Waals surface area contributed by atoms with Crippen LogP contribution in [0, 0.1) is 6.92 Å². The number of ether oxygens (including phenoxy) is 1. The minimum Gasteiger partial charge on any atom is -0.496 e. The molecule has 1 aliphatic rings. The predicted octanol–water partition coefficient (Wildman–Crippen LogP) is 3.79. The van der Waals surface area contributed by atoms with Crippen LogP contribution in [-0.2, 0) is 11.2 Å². The van der Waals surface area contributed by atoms with Gasteiger partial charge in [0.2, 0.25) is 5.91 Å². The van der Waals surface area contributed by atoms with Crippen LogP contribution in [0.2, 0.25) is 0 Å². The van der Waals surface area contributed by atoms with Crippen LogP contribution >= 0.6 is 0 Å². The molecule has 24 heavy (non-hydrogen) atoms. The van der Waals surface area contributed by atoms with Gasteiger partial charge in [-0.3, -0.25) is 4.79 Å². The molecular weight excluding hydrogens is 300 g/mol. The number of nitrogens with one attached hydrogen (secondary N) is 1. The summed E-state index contributed by atoms with van der Waals surface area (Å²) in [7, 11) is 1.65. The van der Waals surface area contributed by atoms with Crippen molar-refractivity contribution in [1.82, 2.24) is 0 Å². The summed E-state index contributed by atoms with van der Waals surface area (Å²) in [6, 6.07) is 14.0. The number of carbonyl (C=O) groups is 1. The number of benzene rings is 2. The number of hydrogen-bond donors (Lipinski definition) is 1. The minimum absolute atomic E-state index is 0.00603. The molecule has 1 amide bonds. The van der Waals surface area contributed by atoms with E-state index in [-0.39, 0.29) is 5.91 Å². The van der Waals surface area contributed by atoms with Gasteiger partial charge in [0, 0.05) is 24.5 Å². The second-order valence-electron chi connectivity index (χ2n) is 6.27. The maximum atomic E-state index is 12.2. The number of aryl methyl sites for hydroxylation is 1. The van der Waals surface area contributed by atoms with Gasteiger partial charge in [-0.2, -0.15) is 0 Å². The van der Waals surface area contributed by atoms with Crippen molar-refractivity contribution in [3.05, 3.63) is 53.6 Å². The molecule has 0 spiro atoms. The van der Waals surface area contributed by atoms with Gasteiger partial charge < -0.3 is 15.0 Å². The zero-order valence-electron chi connectivity index (χ0n) is 14.3. The smallest absolute Gasteiger partial charge is 0.228 e. The van der Waals surface area contributed by atoms with Gasteiger partial charge >= 0.3 is 0 Å². The Bertz CT molecular complexity index is 704. The average molecular weight is 324 g/mol. The monoisotopic (exact) mass is 324 g/mol. The van der Waals surface area contributed by atoms with Crippen molar-refractivity contribution in [2.75, 3.05) is 30.4 Å². The number of anilines is 2. The van der Waals surface area contributed by atoms with E-state index in [4.69, 9.17) is 4.74 Å². The van der Waals surface area contributed by atoms with Gasteiger partial charge in [-0.25, -0.2) is 0 Å². The van der Waals surface area contributed by atoms with Gasteiger partial charge in [0.15, 0.2) is 0 Å². The lowest BCUT2D eigenvalue weighted by atomic mass is 10.1. The van der Waals surface area contributed by atoms with Crippen LogP contribution in [0.3, 0.4) is 0 Å². The highest BCUT2D eigenvalue weighted by atomic mass is 16.5. The Balaban J connectivity index is 1.59. The molecule has 1 fully saturated rings. The molecule has 1 saturated heterocycles. The van der Waals surface area contributed by atoms with Crippen molar-refractivity contribution in [2.45, 2.75) is 26.2 Å². The number of carbonyl (C=O) groups excluding carboxylic acids is 1. The molecule has 0 aliphatic carbocycles. The molecule has 0 unspecified atom stereocenters. The first-order valence-corrected chi connectivity index (χ1v) is 8.44. The Morgan fingerprint density at radius 2 is 1.83 bits per heavy atom. The molecule has 4 nitrogen and oxygen atoms in total. The van der Waals surface area contributed by atoms with Gasteiger partial charge in [0.05, 0.1) is 13.5 Å². The Kier molecular flexibility index (Phi) is 5.04. The number of rotatable bonds is 5. The van der Waals surface area contributed by atoms with E-state index in [1.807, 2.05) is 37.3 Å². The molecule has 0 aromatic heterocycles. The van der Waals surface area contributed by atoms with Crippen LogP contribution in [0.15, 0.2) is 42.5 Å². The molecular formula is C20H24N2O2. The Morgan fingerprint density at radius 3 is 2.46 bits per heavy atom. The minimum atomic E-state index is -0.00603. The van der Waals surface area contributed by atoms with Gasteiger partial charge in [0.1, 0.15) is 5.75 Å². The lowest BCUT2D eigenvalue weighted by Crippen LogP contribution is -2.18. The van der Waals surface area contributed by atoms with Crippen LogP contribution < -0.4 is 15.0 Å². The van der Waals surface area contributed by atoms with Crippen LogP contribution in [0.4, 0.5) is 11.4 Å². The fourth-order valence-electron chi connectivity index (χ4n) is 3.17. The summed E-state index contributed by atoms with van der Waals surface area (Å²) in [4.78, 5) is 14.6. The van der Waals surface area contributed by atoms with Crippen molar-refractivity contribution in [1.29, 1.82) is 0 Å². The number of hydrogen-bond acceptors (Lipinski definition) is 3. The largest absolute Gasteiger partial charge is 0.496 e. The number of nitrogens with zero attached hydrogens (tertiary/aromatic N) is 1. The maximum Gasteiger partial charge on any atom is 0.228 e. The molecule has 1 heterocycles. The SMILES string of the molecule is COc1ccc(CC(=O)Nc2ccc(N3CCCC3)cc2)cc1C. The topological polar surface area (TPSA) is 41.6 Å². The van der Waals surface area contributed by atoms with Crippen LogP contribution in [0.5, 0.6) is 5.75 Å². The lowest BCUT2D eigenvalue weighted by Gasteiger charge is -2.17. The van der Waals surface area contributed by atoms with Crippen molar-refractivity contribution in [3.63, 3.8) is 0 Å². The van der Waals surface area contributed by atoms with Crippen molar-refractivity contribution in [2.24, 2.45) is 0 Å². The third-order valence-corrected chi connectivity index (χ3v) is 4.45. The molecule has 0 radical (unpaired) electrons. The summed E-state index contributed by atoms with van der Waals surface area (Å²) in [6.07, 6.45) is 2.89. The van der Waals surface area contributed by atoms with E-state index in [1.54, 1.807) is 7.11 Å². The second kappa shape index (κ2) is 7.39. The summed E-state index contributed by atoms with van der Waals surface area (Å²) < 4.78 is 5.25. The molecule has 2 aromatic rings. The standard InChI is InChI=1S/C20H24N2O2/c1-15-13-16(5-10-19(15)24-2)14-20(23)21-17-6-8-18(9-7-17)22-11-3-4-12-22/h5-10,13H,3-4,11-12,14H2,1-2H3,(H,21,23). The molecule has 4 heteroatoms. The van der Waals surface area contributed by atoms with E-state index < -0.39 is 0 Å². The summed E-state index contributed by atoms with van der Waals surface area (Å²) in [5, 5.41) is 2.97. The molecule has 1 aliphatic heterocycles. The van der Waals surface area contributed by atoms with E-state index in [1.165, 1.54) is 18.5 Å². The van der Waals surface area contributed by atoms with E-state index in [2.05, 4.69) is 22.3 Å². The molecule has 2 aromatic carbocycles. The molecule has 3 rings (SSSR count). The Labute approximate surface area is 143 Å². The first-order chi connectivity index (χ1) is 11.7. The summed E-state index contributed by atoms with van der Waals surface area (Å²) in [5.74, 6) is 0.838. The first kappa shape index (κ1) is 16.4. The molecule has 0 bridgehead atoms. The third-order valence-electron chi connectivity index (χ3n) is 4.45. The van der Waals surface area contributed by atoms with Crippen LogP contribution in [0.1, 0.15) is 24.0 Å². The second-order valence-corrected chi connectivity index (χ2v) is 6.27. The van der Waals surface area contributed by atoms with Gasteiger partial charge in [-0.1, -0.05) is 12.1 Å². The molecule has 126 valence electrons. The van der Waals surface area contributed by atoms with Crippen molar-refractivity contribution in [3.8, 4) is 5.75 Å². The molecule has 0 atom stereocenters. The Morgan fingerprint density at radius 1 is 1.12 bits per heavy atom. The van der Waals surface area contributed by atoms with E-state index in [9.17, 15) is 4.79 Å². The summed E-state index contributed by atoms with van der Waals surface area (Å²) in [5.41, 5.74) is 4.10. The first-order valence-electron chi connectivity index (χ1n) is 8.44. The van der Waals surface area contributed by atoms with Gasteiger partial charge in [-0.05, 0) is 61.2 Å². The molecule has 1 N–H and O–H groups in total. The van der Waals surface area contributed by atoms with Crippen molar-refractivity contribution < 1.29 is 9.53 Å². The normalized spacial score (nSPS) is 13.8. The van der Waals surface area contributed by atoms with E-state index in [0.717, 1.165) is 35.7 Å². The zero-order chi connectivity index (χ0) is 16.9. The summed E-state index contributed by atoms with van der Waals surface area (Å²) >= 11 is 0. The third kappa shape index (κ3) is 3.88. The highest BCUT2D eigenvalue weighted by Crippen LogP contribution is 2.22. The van der Waals surface area contributed by atoms with E-state index in [0.29, 0.717) is 6.42 Å². The average Bonchev–Trinajstić information content (AvgIpc) is 3.10. The molecule has 0 saturated carbocycles. The summed E-state index contributed by atoms with van der Waals surface area (Å²) in [6.45, 7) is 4.24. The van der Waals surface area contributed by atoms with Gasteiger partial charge in [0.25, 0.3) is 0 Å². The van der Waals surface area contributed by atoms with Crippen molar-refractivity contribution >= 4 is 17.3 Å². The highest BCUT2D eigenvalue weighted by molar-refractivity contribution is 5.92. The number of methoxy groups -OCH3 is 1. The maximum absolute atomic E-state index is 12.2. The zero-order valence-corrected chi connectivity index (χ0v) is 14.3. The predicted molar refractivity (Wildman–Crippen MR) is 98.0 cm³/mol. The van der Waals surface area contributed by atoms with Crippen LogP contribution in [-0.4, -0.2) is 26.1 Å². The fourth-order valence-corrected chi connectivity index (χ4v) is 3.17.